The summed E-state index contributed by atoms with van der Waals surface area (Å²) >= 11 is 0. The molecule has 0 aliphatic heterocycles. The monoisotopic (exact) mass is 458 g/mol. The molecule has 0 aliphatic rings. The molecule has 0 radical (unpaired) electrons. The van der Waals surface area contributed by atoms with Crippen LogP contribution >= 0.6 is 0 Å². The van der Waals surface area contributed by atoms with Gasteiger partial charge in [-0.3, -0.25) is 14.4 Å². The Morgan fingerprint density at radius 2 is 1.50 bits per heavy atom. The lowest BCUT2D eigenvalue weighted by molar-refractivity contribution is -0.114. The van der Waals surface area contributed by atoms with Gasteiger partial charge >= 0.3 is 0 Å². The highest BCUT2D eigenvalue weighted by Gasteiger charge is 2.14. The van der Waals surface area contributed by atoms with E-state index in [-0.39, 0.29) is 24.3 Å². The first-order chi connectivity index (χ1) is 16.3. The molecule has 0 unspecified atom stereocenters. The van der Waals surface area contributed by atoms with Gasteiger partial charge in [-0.1, -0.05) is 50.2 Å². The predicted molar refractivity (Wildman–Crippen MR) is 136 cm³/mol. The number of amides is 3. The highest BCUT2D eigenvalue weighted by Crippen LogP contribution is 2.19. The summed E-state index contributed by atoms with van der Waals surface area (Å²) in [6, 6.07) is 21.4. The van der Waals surface area contributed by atoms with E-state index in [0.717, 1.165) is 5.56 Å². The SMILES string of the molecule is Cc1ccc(C(=O)Nc2ccccc2)cc1NCC(=O)Nc1ccccc1C(=O)NCC(C)C. The van der Waals surface area contributed by atoms with Crippen LogP contribution in [0, 0.1) is 12.8 Å². The summed E-state index contributed by atoms with van der Waals surface area (Å²) in [5, 5.41) is 11.6. The van der Waals surface area contributed by atoms with E-state index in [4.69, 9.17) is 0 Å². The van der Waals surface area contributed by atoms with Crippen molar-refractivity contribution in [2.75, 3.05) is 29.0 Å². The third-order valence-corrected chi connectivity index (χ3v) is 5.09. The summed E-state index contributed by atoms with van der Waals surface area (Å²) in [6.45, 7) is 6.46. The van der Waals surface area contributed by atoms with E-state index in [9.17, 15) is 14.4 Å². The van der Waals surface area contributed by atoms with Gasteiger partial charge in [-0.2, -0.15) is 0 Å². The van der Waals surface area contributed by atoms with Crippen LogP contribution in [0.3, 0.4) is 0 Å². The zero-order valence-electron chi connectivity index (χ0n) is 19.6. The molecule has 0 spiro atoms. The Labute approximate surface area is 200 Å². The summed E-state index contributed by atoms with van der Waals surface area (Å²) in [5.41, 5.74) is 3.62. The van der Waals surface area contributed by atoms with Gasteiger partial charge in [0.2, 0.25) is 5.91 Å². The van der Waals surface area contributed by atoms with Gasteiger partial charge in [-0.05, 0) is 54.8 Å². The summed E-state index contributed by atoms with van der Waals surface area (Å²) in [5.74, 6) is -0.447. The van der Waals surface area contributed by atoms with Crippen LogP contribution in [0.15, 0.2) is 72.8 Å². The third kappa shape index (κ3) is 6.93. The van der Waals surface area contributed by atoms with Gasteiger partial charge in [-0.25, -0.2) is 0 Å². The molecule has 3 amide bonds. The number of nitrogens with one attached hydrogen (secondary N) is 4. The molecule has 3 aromatic rings. The summed E-state index contributed by atoms with van der Waals surface area (Å²) in [7, 11) is 0. The Kier molecular flexibility index (Phi) is 8.40. The molecule has 0 bridgehead atoms. The number of anilines is 3. The molecule has 0 fully saturated rings. The van der Waals surface area contributed by atoms with Crippen molar-refractivity contribution in [3.05, 3.63) is 89.5 Å². The molecule has 176 valence electrons. The average molecular weight is 459 g/mol. The maximum absolute atomic E-state index is 12.6. The number of carbonyl (C=O) groups is 3. The van der Waals surface area contributed by atoms with Crippen LogP contribution < -0.4 is 21.3 Å². The minimum Gasteiger partial charge on any atom is -0.376 e. The van der Waals surface area contributed by atoms with Crippen molar-refractivity contribution >= 4 is 34.8 Å². The third-order valence-electron chi connectivity index (χ3n) is 5.09. The second kappa shape index (κ2) is 11.7. The Morgan fingerprint density at radius 1 is 0.794 bits per heavy atom. The van der Waals surface area contributed by atoms with Crippen LogP contribution in [0.4, 0.5) is 17.1 Å². The molecule has 4 N–H and O–H groups in total. The van der Waals surface area contributed by atoms with Gasteiger partial charge in [0.15, 0.2) is 0 Å². The summed E-state index contributed by atoms with van der Waals surface area (Å²) in [6.07, 6.45) is 0. The first kappa shape index (κ1) is 24.5. The molecule has 0 aliphatic carbocycles. The summed E-state index contributed by atoms with van der Waals surface area (Å²) < 4.78 is 0. The molecule has 3 rings (SSSR count). The standard InChI is InChI=1S/C27H30N4O3/c1-18(2)16-29-27(34)22-11-7-8-12-23(22)31-25(32)17-28-24-15-20(14-13-19(24)3)26(33)30-21-9-5-4-6-10-21/h4-15,18,28H,16-17H2,1-3H3,(H,29,34)(H,30,33)(H,31,32). The molecular formula is C27H30N4O3. The predicted octanol–water partition coefficient (Wildman–Crippen LogP) is 4.68. The number of para-hydroxylation sites is 2. The summed E-state index contributed by atoms with van der Waals surface area (Å²) in [4.78, 5) is 37.7. The van der Waals surface area contributed by atoms with Crippen molar-refractivity contribution < 1.29 is 14.4 Å². The molecule has 0 heterocycles. The van der Waals surface area contributed by atoms with Crippen molar-refractivity contribution in [3.63, 3.8) is 0 Å². The van der Waals surface area contributed by atoms with Gasteiger partial charge in [0, 0.05) is 23.5 Å². The van der Waals surface area contributed by atoms with Gasteiger partial charge in [-0.15, -0.1) is 0 Å². The average Bonchev–Trinajstić information content (AvgIpc) is 2.83. The molecule has 0 aromatic heterocycles. The van der Waals surface area contributed by atoms with Crippen LogP contribution in [0.5, 0.6) is 0 Å². The highest BCUT2D eigenvalue weighted by molar-refractivity contribution is 6.06. The molecule has 0 atom stereocenters. The maximum atomic E-state index is 12.6. The van der Waals surface area contributed by atoms with Crippen molar-refractivity contribution in [2.45, 2.75) is 20.8 Å². The number of benzene rings is 3. The van der Waals surface area contributed by atoms with E-state index >= 15 is 0 Å². The lowest BCUT2D eigenvalue weighted by Gasteiger charge is -2.14. The Hall–Kier alpha value is -4.13. The lowest BCUT2D eigenvalue weighted by atomic mass is 10.1. The van der Waals surface area contributed by atoms with Crippen molar-refractivity contribution in [1.29, 1.82) is 0 Å². The van der Waals surface area contributed by atoms with E-state index in [1.165, 1.54) is 0 Å². The van der Waals surface area contributed by atoms with Crippen LogP contribution in [-0.4, -0.2) is 30.8 Å². The van der Waals surface area contributed by atoms with Crippen LogP contribution in [0.25, 0.3) is 0 Å². The fourth-order valence-corrected chi connectivity index (χ4v) is 3.23. The number of hydrogen-bond acceptors (Lipinski definition) is 4. The maximum Gasteiger partial charge on any atom is 0.255 e. The van der Waals surface area contributed by atoms with E-state index < -0.39 is 0 Å². The van der Waals surface area contributed by atoms with Gasteiger partial charge in [0.25, 0.3) is 11.8 Å². The second-order valence-electron chi connectivity index (χ2n) is 8.40. The molecule has 0 saturated carbocycles. The van der Waals surface area contributed by atoms with Crippen LogP contribution in [0.2, 0.25) is 0 Å². The quantitative estimate of drug-likeness (QED) is 0.374. The van der Waals surface area contributed by atoms with E-state index in [1.54, 1.807) is 36.4 Å². The lowest BCUT2D eigenvalue weighted by Crippen LogP contribution is -2.29. The highest BCUT2D eigenvalue weighted by atomic mass is 16.2. The largest absolute Gasteiger partial charge is 0.376 e. The van der Waals surface area contributed by atoms with Crippen molar-refractivity contribution in [3.8, 4) is 0 Å². The fraction of sp³-hybridized carbons (Fsp3) is 0.222. The molecule has 34 heavy (non-hydrogen) atoms. The Balaban J connectivity index is 1.63. The fourth-order valence-electron chi connectivity index (χ4n) is 3.23. The number of rotatable bonds is 9. The molecule has 0 saturated heterocycles. The van der Waals surface area contributed by atoms with E-state index in [0.29, 0.717) is 40.7 Å². The molecular weight excluding hydrogens is 428 g/mol. The first-order valence-corrected chi connectivity index (χ1v) is 11.2. The Morgan fingerprint density at radius 3 is 2.24 bits per heavy atom. The first-order valence-electron chi connectivity index (χ1n) is 11.2. The number of hydrogen-bond donors (Lipinski definition) is 4. The number of carbonyl (C=O) groups excluding carboxylic acids is 3. The van der Waals surface area contributed by atoms with Gasteiger partial charge in [0.05, 0.1) is 17.8 Å². The zero-order chi connectivity index (χ0) is 24.5. The molecule has 3 aromatic carbocycles. The number of aryl methyl sites for hydroxylation is 1. The normalized spacial score (nSPS) is 10.5. The van der Waals surface area contributed by atoms with Crippen LogP contribution in [-0.2, 0) is 4.79 Å². The molecule has 7 heteroatoms. The van der Waals surface area contributed by atoms with Crippen molar-refractivity contribution in [1.82, 2.24) is 5.32 Å². The topological polar surface area (TPSA) is 99.3 Å². The van der Waals surface area contributed by atoms with Gasteiger partial charge < -0.3 is 21.3 Å². The van der Waals surface area contributed by atoms with Crippen molar-refractivity contribution in [2.24, 2.45) is 5.92 Å². The van der Waals surface area contributed by atoms with Gasteiger partial charge in [0.1, 0.15) is 0 Å². The minimum absolute atomic E-state index is 0.0213. The minimum atomic E-state index is -0.303. The zero-order valence-corrected chi connectivity index (χ0v) is 19.6. The Bertz CT molecular complexity index is 1160. The molecule has 7 nitrogen and oxygen atoms in total. The smallest absolute Gasteiger partial charge is 0.255 e. The second-order valence-corrected chi connectivity index (χ2v) is 8.40. The van der Waals surface area contributed by atoms with Crippen LogP contribution in [0.1, 0.15) is 40.1 Å². The van der Waals surface area contributed by atoms with E-state index in [1.807, 2.05) is 57.2 Å². The van der Waals surface area contributed by atoms with E-state index in [2.05, 4.69) is 21.3 Å².